The molecule has 0 atom stereocenters. The molecule has 0 unspecified atom stereocenters. The highest BCUT2D eigenvalue weighted by Crippen LogP contribution is 2.31. The molecule has 4 N–H and O–H groups in total. The van der Waals surface area contributed by atoms with Gasteiger partial charge in [0, 0.05) is 53.6 Å². The second-order valence-electron chi connectivity index (χ2n) is 9.13. The minimum atomic E-state index is -0.315. The van der Waals surface area contributed by atoms with Crippen molar-refractivity contribution in [2.45, 2.75) is 38.6 Å². The van der Waals surface area contributed by atoms with E-state index >= 15 is 0 Å². The van der Waals surface area contributed by atoms with E-state index in [0.29, 0.717) is 28.8 Å². The molecule has 1 aromatic carbocycles. The first-order valence-electron chi connectivity index (χ1n) is 12.0. The summed E-state index contributed by atoms with van der Waals surface area (Å²) in [5, 5.41) is 5.75. The molecular weight excluding hydrogens is 454 g/mol. The van der Waals surface area contributed by atoms with E-state index in [-0.39, 0.29) is 17.7 Å². The Hall–Kier alpha value is -4.40. The molecule has 2 aromatic heterocycles. The molecule has 0 bridgehead atoms. The maximum Gasteiger partial charge on any atom is 0.258 e. The van der Waals surface area contributed by atoms with Crippen LogP contribution in [0.5, 0.6) is 0 Å². The maximum absolute atomic E-state index is 12.7. The molecule has 2 heterocycles. The van der Waals surface area contributed by atoms with E-state index in [1.54, 1.807) is 24.7 Å². The van der Waals surface area contributed by atoms with Gasteiger partial charge in [-0.15, -0.1) is 0 Å². The van der Waals surface area contributed by atoms with Crippen molar-refractivity contribution >= 4 is 29.5 Å². The van der Waals surface area contributed by atoms with Gasteiger partial charge in [-0.05, 0) is 61.9 Å². The average Bonchev–Trinajstić information content (AvgIpc) is 3.80. The molecule has 0 saturated heterocycles. The largest absolute Gasteiger partial charge is 0.404 e. The van der Waals surface area contributed by atoms with Gasteiger partial charge in [0.15, 0.2) is 0 Å². The molecule has 2 aliphatic rings. The minimum Gasteiger partial charge on any atom is -0.404 e. The Labute approximate surface area is 209 Å². The number of aliphatic imine (C=N–C) groups is 1. The molecular formula is C27H27N7O2. The van der Waals surface area contributed by atoms with Gasteiger partial charge >= 0.3 is 0 Å². The Balaban J connectivity index is 1.36. The van der Waals surface area contributed by atoms with Gasteiger partial charge < -0.3 is 16.4 Å². The Morgan fingerprint density at radius 2 is 1.83 bits per heavy atom. The minimum absolute atomic E-state index is 0.00698. The smallest absolute Gasteiger partial charge is 0.258 e. The number of hydrogen-bond acceptors (Lipinski definition) is 7. The molecule has 2 saturated carbocycles. The highest BCUT2D eigenvalue weighted by atomic mass is 16.2. The molecule has 0 spiro atoms. The van der Waals surface area contributed by atoms with Crippen LogP contribution in [-0.4, -0.2) is 39.0 Å². The van der Waals surface area contributed by atoms with Crippen molar-refractivity contribution in [2.24, 2.45) is 16.6 Å². The van der Waals surface area contributed by atoms with Crippen LogP contribution >= 0.6 is 0 Å². The van der Waals surface area contributed by atoms with Crippen molar-refractivity contribution in [1.29, 1.82) is 0 Å². The molecule has 182 valence electrons. The zero-order valence-corrected chi connectivity index (χ0v) is 19.9. The number of hydrogen-bond donors (Lipinski definition) is 3. The monoisotopic (exact) mass is 481 g/mol. The second-order valence-corrected chi connectivity index (χ2v) is 9.13. The Morgan fingerprint density at radius 1 is 1.03 bits per heavy atom. The number of rotatable bonds is 8. The number of nitrogens with two attached hydrogens (primary N) is 1. The van der Waals surface area contributed by atoms with Crippen LogP contribution < -0.4 is 16.4 Å². The number of aryl methyl sites for hydroxylation is 1. The Bertz CT molecular complexity index is 1370. The number of pyridine rings is 1. The van der Waals surface area contributed by atoms with Crippen LogP contribution in [0.4, 0.5) is 11.5 Å². The second kappa shape index (κ2) is 10.1. The van der Waals surface area contributed by atoms with E-state index in [0.717, 1.165) is 47.9 Å². The molecule has 5 rings (SSSR count). The van der Waals surface area contributed by atoms with Gasteiger partial charge in [0.1, 0.15) is 12.1 Å². The number of nitrogens with one attached hydrogen (secondary N) is 2. The van der Waals surface area contributed by atoms with Crippen molar-refractivity contribution in [3.05, 3.63) is 66.4 Å². The van der Waals surface area contributed by atoms with E-state index in [1.807, 2.05) is 31.2 Å². The van der Waals surface area contributed by atoms with Crippen molar-refractivity contribution in [3.63, 3.8) is 0 Å². The summed E-state index contributed by atoms with van der Waals surface area (Å²) in [7, 11) is 0. The molecule has 0 aliphatic heterocycles. The average molecular weight is 482 g/mol. The fourth-order valence-corrected chi connectivity index (χ4v) is 3.69. The molecule has 2 aliphatic carbocycles. The van der Waals surface area contributed by atoms with Crippen LogP contribution in [-0.2, 0) is 9.59 Å². The third-order valence-corrected chi connectivity index (χ3v) is 6.12. The molecule has 9 nitrogen and oxygen atoms in total. The lowest BCUT2D eigenvalue weighted by Gasteiger charge is -2.12. The molecule has 9 heteroatoms. The number of nitrogens with zero attached hydrogens (tertiary/aromatic N) is 4. The number of carbonyl (C=O) groups excluding carboxylic acids is 2. The third kappa shape index (κ3) is 5.63. The zero-order chi connectivity index (χ0) is 25.1. The van der Waals surface area contributed by atoms with Crippen molar-refractivity contribution in [2.75, 3.05) is 10.6 Å². The van der Waals surface area contributed by atoms with Gasteiger partial charge in [-0.25, -0.2) is 9.97 Å². The van der Waals surface area contributed by atoms with Crippen LogP contribution in [0.1, 0.15) is 31.2 Å². The van der Waals surface area contributed by atoms with E-state index < -0.39 is 0 Å². The molecule has 0 radical (unpaired) electrons. The highest BCUT2D eigenvalue weighted by molar-refractivity contribution is 6.17. The summed E-state index contributed by atoms with van der Waals surface area (Å²) in [6.07, 6.45) is 11.7. The SMILES string of the molecule is Cc1ccc(NC(=O)C(C=NC2CC2)=CN)cc1-c1cncc(-c2cc(NC(=O)C3CC3)ncn2)c1. The molecule has 2 fully saturated rings. The summed E-state index contributed by atoms with van der Waals surface area (Å²) in [6, 6.07) is 9.72. The molecule has 3 aromatic rings. The Kier molecular flexibility index (Phi) is 6.53. The first kappa shape index (κ1) is 23.3. The van der Waals surface area contributed by atoms with E-state index in [4.69, 9.17) is 5.73 Å². The predicted octanol–water partition coefficient (Wildman–Crippen LogP) is 3.88. The van der Waals surface area contributed by atoms with Crippen molar-refractivity contribution < 1.29 is 9.59 Å². The van der Waals surface area contributed by atoms with Gasteiger partial charge in [0.05, 0.1) is 17.3 Å². The van der Waals surface area contributed by atoms with Crippen molar-refractivity contribution in [1.82, 2.24) is 15.0 Å². The summed E-state index contributed by atoms with van der Waals surface area (Å²) in [4.78, 5) is 42.1. The lowest BCUT2D eigenvalue weighted by molar-refractivity contribution is -0.117. The standard InChI is InChI=1S/C27H27N7O2/c1-16-2-5-22(33-27(36)20(11-28)14-30-21-6-7-21)9-23(16)18-8-19(13-29-12-18)24-10-25(32-15-31-24)34-26(35)17-3-4-17/h2,5,8-15,17,21H,3-4,6-7,28H2,1H3,(H,33,36)(H,31,32,34,35). The van der Waals surface area contributed by atoms with E-state index in [2.05, 4.69) is 30.6 Å². The van der Waals surface area contributed by atoms with Crippen LogP contribution in [0.3, 0.4) is 0 Å². The summed E-state index contributed by atoms with van der Waals surface area (Å²) in [5.41, 5.74) is 10.9. The fourth-order valence-electron chi connectivity index (χ4n) is 3.69. The van der Waals surface area contributed by atoms with Crippen LogP contribution in [0.15, 0.2) is 65.8 Å². The van der Waals surface area contributed by atoms with Gasteiger partial charge in [0.2, 0.25) is 5.91 Å². The lowest BCUT2D eigenvalue weighted by atomic mass is 9.99. The van der Waals surface area contributed by atoms with Gasteiger partial charge in [-0.1, -0.05) is 6.07 Å². The van der Waals surface area contributed by atoms with Gasteiger partial charge in [0.25, 0.3) is 5.91 Å². The number of carbonyl (C=O) groups is 2. The van der Waals surface area contributed by atoms with Crippen molar-refractivity contribution in [3.8, 4) is 22.4 Å². The van der Waals surface area contributed by atoms with Crippen LogP contribution in [0.2, 0.25) is 0 Å². The summed E-state index contributed by atoms with van der Waals surface area (Å²) >= 11 is 0. The number of amides is 2. The summed E-state index contributed by atoms with van der Waals surface area (Å²) in [5.74, 6) is 0.237. The third-order valence-electron chi connectivity index (χ3n) is 6.12. The maximum atomic E-state index is 12.7. The van der Waals surface area contributed by atoms with Gasteiger partial charge in [-0.2, -0.15) is 0 Å². The first-order valence-corrected chi connectivity index (χ1v) is 12.0. The quantitative estimate of drug-likeness (QED) is 0.330. The highest BCUT2D eigenvalue weighted by Gasteiger charge is 2.29. The van der Waals surface area contributed by atoms with Gasteiger partial charge in [-0.3, -0.25) is 19.6 Å². The summed E-state index contributed by atoms with van der Waals surface area (Å²) in [6.45, 7) is 2.00. The van der Waals surface area contributed by atoms with Crippen LogP contribution in [0, 0.1) is 12.8 Å². The van der Waals surface area contributed by atoms with E-state index in [1.165, 1.54) is 12.5 Å². The number of benzene rings is 1. The normalized spacial score (nSPS) is 15.6. The number of anilines is 2. The van der Waals surface area contributed by atoms with E-state index in [9.17, 15) is 9.59 Å². The zero-order valence-electron chi connectivity index (χ0n) is 19.9. The predicted molar refractivity (Wildman–Crippen MR) is 139 cm³/mol. The van der Waals surface area contributed by atoms with Crippen LogP contribution in [0.25, 0.3) is 22.4 Å². The summed E-state index contributed by atoms with van der Waals surface area (Å²) < 4.78 is 0. The molecule has 2 amide bonds. The number of aromatic nitrogens is 3. The first-order chi connectivity index (χ1) is 17.5. The lowest BCUT2D eigenvalue weighted by Crippen LogP contribution is -2.16. The fraction of sp³-hybridized carbons (Fsp3) is 0.259. The topological polar surface area (TPSA) is 135 Å². The molecule has 36 heavy (non-hydrogen) atoms. The Morgan fingerprint density at radius 3 is 2.58 bits per heavy atom.